The molecule has 1 unspecified atom stereocenters. The lowest BCUT2D eigenvalue weighted by atomic mass is 9.89. The first-order valence-electron chi connectivity index (χ1n) is 9.61. The monoisotopic (exact) mass is 383 g/mol. The third-order valence-electron chi connectivity index (χ3n) is 4.90. The number of benzene rings is 1. The minimum absolute atomic E-state index is 0.595. The van der Waals surface area contributed by atoms with Gasteiger partial charge in [-0.2, -0.15) is 0 Å². The number of nitrogens with zero attached hydrogens (tertiary/aromatic N) is 2. The molecule has 0 radical (unpaired) electrons. The molecule has 3 aromatic rings. The van der Waals surface area contributed by atoms with E-state index < -0.39 is 0 Å². The Kier molecular flexibility index (Phi) is 5.16. The lowest BCUT2D eigenvalue weighted by molar-refractivity contribution is 0.288. The highest BCUT2D eigenvalue weighted by atomic mass is 32.1. The minimum Gasteiger partial charge on any atom is -0.490 e. The van der Waals surface area contributed by atoms with Crippen molar-refractivity contribution in [3.63, 3.8) is 0 Å². The first kappa shape index (κ1) is 18.0. The summed E-state index contributed by atoms with van der Waals surface area (Å²) in [6.45, 7) is 7.48. The smallest absolute Gasteiger partial charge is 0.163 e. The second kappa shape index (κ2) is 7.72. The Bertz CT molecular complexity index is 954. The molecule has 6 heteroatoms. The Labute approximate surface area is 163 Å². The van der Waals surface area contributed by atoms with Crippen molar-refractivity contribution in [1.82, 2.24) is 9.97 Å². The van der Waals surface area contributed by atoms with Crippen LogP contribution < -0.4 is 14.8 Å². The fourth-order valence-corrected chi connectivity index (χ4v) is 4.99. The van der Waals surface area contributed by atoms with E-state index in [-0.39, 0.29) is 0 Å². The van der Waals surface area contributed by atoms with Gasteiger partial charge in [-0.15, -0.1) is 11.3 Å². The van der Waals surface area contributed by atoms with Crippen molar-refractivity contribution in [1.29, 1.82) is 0 Å². The maximum absolute atomic E-state index is 5.75. The molecule has 142 valence electrons. The molecule has 0 spiro atoms. The minimum atomic E-state index is 0.595. The van der Waals surface area contributed by atoms with Gasteiger partial charge in [0.25, 0.3) is 0 Å². The van der Waals surface area contributed by atoms with Crippen LogP contribution in [-0.4, -0.2) is 23.2 Å². The third-order valence-corrected chi connectivity index (χ3v) is 6.06. The van der Waals surface area contributed by atoms with Crippen molar-refractivity contribution < 1.29 is 9.47 Å². The van der Waals surface area contributed by atoms with Crippen LogP contribution in [-0.2, 0) is 12.8 Å². The van der Waals surface area contributed by atoms with Gasteiger partial charge in [0.05, 0.1) is 18.6 Å². The van der Waals surface area contributed by atoms with Crippen LogP contribution in [0.1, 0.15) is 37.6 Å². The van der Waals surface area contributed by atoms with Crippen molar-refractivity contribution in [2.24, 2.45) is 5.92 Å². The molecule has 2 heterocycles. The molecule has 0 aliphatic heterocycles. The van der Waals surface area contributed by atoms with E-state index in [0.717, 1.165) is 46.6 Å². The van der Waals surface area contributed by atoms with E-state index in [0.29, 0.717) is 13.2 Å². The summed E-state index contributed by atoms with van der Waals surface area (Å²) in [5.74, 6) is 3.13. The molecule has 1 N–H and O–H groups in total. The fraction of sp³-hybridized carbons (Fsp3) is 0.429. The van der Waals surface area contributed by atoms with Gasteiger partial charge in [-0.05, 0) is 56.7 Å². The normalized spacial score (nSPS) is 16.2. The maximum Gasteiger partial charge on any atom is 0.163 e. The molecular weight excluding hydrogens is 358 g/mol. The average Bonchev–Trinajstić information content (AvgIpc) is 3.02. The van der Waals surface area contributed by atoms with Gasteiger partial charge in [-0.25, -0.2) is 9.97 Å². The van der Waals surface area contributed by atoms with Crippen LogP contribution in [0.25, 0.3) is 10.2 Å². The van der Waals surface area contributed by atoms with Crippen LogP contribution in [0.4, 0.5) is 11.5 Å². The highest BCUT2D eigenvalue weighted by molar-refractivity contribution is 7.19. The molecule has 0 bridgehead atoms. The van der Waals surface area contributed by atoms with Crippen molar-refractivity contribution in [2.45, 2.75) is 40.0 Å². The largest absolute Gasteiger partial charge is 0.490 e. The summed E-state index contributed by atoms with van der Waals surface area (Å²) in [6.07, 6.45) is 5.12. The second-order valence-corrected chi connectivity index (χ2v) is 7.99. The molecule has 0 fully saturated rings. The summed E-state index contributed by atoms with van der Waals surface area (Å²) >= 11 is 1.81. The van der Waals surface area contributed by atoms with E-state index in [1.807, 2.05) is 43.4 Å². The summed E-state index contributed by atoms with van der Waals surface area (Å²) in [7, 11) is 0. The molecular formula is C21H25N3O2S. The van der Waals surface area contributed by atoms with Gasteiger partial charge in [0.2, 0.25) is 0 Å². The van der Waals surface area contributed by atoms with E-state index in [1.165, 1.54) is 22.2 Å². The van der Waals surface area contributed by atoms with Gasteiger partial charge >= 0.3 is 0 Å². The summed E-state index contributed by atoms with van der Waals surface area (Å²) in [5.41, 5.74) is 2.36. The van der Waals surface area contributed by atoms with Crippen molar-refractivity contribution in [3.8, 4) is 11.5 Å². The van der Waals surface area contributed by atoms with Gasteiger partial charge in [0, 0.05) is 16.6 Å². The standard InChI is InChI=1S/C21H25N3O2S/c1-4-25-16-9-7-14(11-17(16)26-5-2)24-20-19-15-8-6-13(3)10-18(15)27-21(19)23-12-22-20/h7,9,11-13H,4-6,8,10H2,1-3H3,(H,22,23,24). The van der Waals surface area contributed by atoms with Crippen molar-refractivity contribution in [2.75, 3.05) is 18.5 Å². The molecule has 27 heavy (non-hydrogen) atoms. The zero-order chi connectivity index (χ0) is 18.8. The third kappa shape index (κ3) is 3.58. The Balaban J connectivity index is 1.70. The molecule has 1 aromatic carbocycles. The molecule has 5 nitrogen and oxygen atoms in total. The Morgan fingerprint density at radius 1 is 1.15 bits per heavy atom. The highest BCUT2D eigenvalue weighted by Gasteiger charge is 2.23. The number of aromatic nitrogens is 2. The molecule has 0 saturated heterocycles. The number of anilines is 2. The van der Waals surface area contributed by atoms with E-state index >= 15 is 0 Å². The molecule has 1 aliphatic rings. The SMILES string of the molecule is CCOc1ccc(Nc2ncnc3sc4c(c23)CCC(C)C4)cc1OCC. The van der Waals surface area contributed by atoms with Gasteiger partial charge < -0.3 is 14.8 Å². The first-order chi connectivity index (χ1) is 13.2. The Hall–Kier alpha value is -2.34. The molecule has 0 saturated carbocycles. The number of nitrogens with one attached hydrogen (secondary N) is 1. The van der Waals surface area contributed by atoms with Crippen molar-refractivity contribution in [3.05, 3.63) is 35.0 Å². The van der Waals surface area contributed by atoms with Gasteiger partial charge in [-0.1, -0.05) is 6.92 Å². The topological polar surface area (TPSA) is 56.3 Å². The summed E-state index contributed by atoms with van der Waals surface area (Å²) < 4.78 is 11.4. The van der Waals surface area contributed by atoms with Gasteiger partial charge in [-0.3, -0.25) is 0 Å². The quantitative estimate of drug-likeness (QED) is 0.621. The maximum atomic E-state index is 5.75. The highest BCUT2D eigenvalue weighted by Crippen LogP contribution is 2.40. The predicted octanol–water partition coefficient (Wildman–Crippen LogP) is 5.36. The summed E-state index contributed by atoms with van der Waals surface area (Å²) in [6, 6.07) is 5.92. The van der Waals surface area contributed by atoms with Crippen LogP contribution in [0.15, 0.2) is 24.5 Å². The van der Waals surface area contributed by atoms with Gasteiger partial charge in [0.15, 0.2) is 11.5 Å². The van der Waals surface area contributed by atoms with Crippen LogP contribution in [0.3, 0.4) is 0 Å². The number of ether oxygens (including phenoxy) is 2. The van der Waals surface area contributed by atoms with E-state index in [1.54, 1.807) is 6.33 Å². The van der Waals surface area contributed by atoms with Crippen LogP contribution in [0.2, 0.25) is 0 Å². The van der Waals surface area contributed by atoms with Crippen LogP contribution in [0, 0.1) is 5.92 Å². The van der Waals surface area contributed by atoms with E-state index in [2.05, 4.69) is 22.2 Å². The zero-order valence-corrected chi connectivity index (χ0v) is 16.9. The fourth-order valence-electron chi connectivity index (χ4n) is 3.64. The molecule has 0 amide bonds. The van der Waals surface area contributed by atoms with E-state index in [4.69, 9.17) is 9.47 Å². The van der Waals surface area contributed by atoms with Crippen LogP contribution >= 0.6 is 11.3 Å². The lowest BCUT2D eigenvalue weighted by Gasteiger charge is -2.18. The Morgan fingerprint density at radius 2 is 1.96 bits per heavy atom. The molecule has 4 rings (SSSR count). The number of hydrogen-bond acceptors (Lipinski definition) is 6. The van der Waals surface area contributed by atoms with Crippen molar-refractivity contribution >= 4 is 33.1 Å². The number of aryl methyl sites for hydroxylation is 1. The average molecular weight is 384 g/mol. The predicted molar refractivity (Wildman–Crippen MR) is 111 cm³/mol. The Morgan fingerprint density at radius 3 is 2.78 bits per heavy atom. The second-order valence-electron chi connectivity index (χ2n) is 6.91. The van der Waals surface area contributed by atoms with Gasteiger partial charge in [0.1, 0.15) is 17.0 Å². The number of hydrogen-bond donors (Lipinski definition) is 1. The molecule has 1 aliphatic carbocycles. The van der Waals surface area contributed by atoms with Crippen LogP contribution in [0.5, 0.6) is 11.5 Å². The number of rotatable bonds is 6. The summed E-state index contributed by atoms with van der Waals surface area (Å²) in [4.78, 5) is 11.6. The molecule has 1 atom stereocenters. The zero-order valence-electron chi connectivity index (χ0n) is 16.0. The summed E-state index contributed by atoms with van der Waals surface area (Å²) in [5, 5.41) is 4.66. The first-order valence-corrected chi connectivity index (χ1v) is 10.4. The number of thiophene rings is 1. The lowest BCUT2D eigenvalue weighted by Crippen LogP contribution is -2.09. The van der Waals surface area contributed by atoms with E-state index in [9.17, 15) is 0 Å². The number of fused-ring (bicyclic) bond motifs is 3. The molecule has 2 aromatic heterocycles.